The molecule has 1 aliphatic heterocycles. The predicted octanol–water partition coefficient (Wildman–Crippen LogP) is 4.30. The van der Waals surface area contributed by atoms with E-state index in [2.05, 4.69) is 26.2 Å². The standard InChI is InChI=1S/C18H20BrN3O2.2ClH/c1-20-15-7-9-22(10-8-15)18(23)13-5-6-17(21-12-13)24-16-4-2-3-14(19)11-16;;/h2-6,11-12,15,20H,7-10H2,1H3;2*1H. The van der Waals surface area contributed by atoms with Gasteiger partial charge in [0.1, 0.15) is 5.75 Å². The van der Waals surface area contributed by atoms with Crippen molar-refractivity contribution in [1.29, 1.82) is 0 Å². The van der Waals surface area contributed by atoms with Gasteiger partial charge in [-0.25, -0.2) is 4.98 Å². The molecule has 1 fully saturated rings. The summed E-state index contributed by atoms with van der Waals surface area (Å²) in [5.74, 6) is 1.20. The number of hydrogen-bond donors (Lipinski definition) is 1. The highest BCUT2D eigenvalue weighted by molar-refractivity contribution is 9.10. The summed E-state index contributed by atoms with van der Waals surface area (Å²) in [7, 11) is 1.97. The van der Waals surface area contributed by atoms with Crippen LogP contribution in [0.5, 0.6) is 11.6 Å². The fraction of sp³-hybridized carbons (Fsp3) is 0.333. The Bertz CT molecular complexity index is 708. The summed E-state index contributed by atoms with van der Waals surface area (Å²) in [6.45, 7) is 1.56. The lowest BCUT2D eigenvalue weighted by Crippen LogP contribution is -2.43. The molecule has 2 aromatic rings. The van der Waals surface area contributed by atoms with E-state index in [1.165, 1.54) is 0 Å². The molecule has 1 aromatic heterocycles. The fourth-order valence-corrected chi connectivity index (χ4v) is 3.15. The molecule has 0 bridgehead atoms. The SMILES string of the molecule is CNC1CCN(C(=O)c2ccc(Oc3cccc(Br)c3)nc2)CC1.Cl.Cl. The molecular formula is C18H22BrCl2N3O2. The van der Waals surface area contributed by atoms with Crippen LogP contribution in [0.2, 0.25) is 0 Å². The Hall–Kier alpha value is -1.34. The van der Waals surface area contributed by atoms with Gasteiger partial charge in [-0.2, -0.15) is 0 Å². The molecule has 3 rings (SSSR count). The van der Waals surface area contributed by atoms with Gasteiger partial charge in [-0.3, -0.25) is 4.79 Å². The number of carbonyl (C=O) groups excluding carboxylic acids is 1. The van der Waals surface area contributed by atoms with Crippen molar-refractivity contribution in [3.05, 3.63) is 52.6 Å². The summed E-state index contributed by atoms with van der Waals surface area (Å²) in [6, 6.07) is 11.6. The average Bonchev–Trinajstić information content (AvgIpc) is 2.62. The molecule has 0 spiro atoms. The number of aromatic nitrogens is 1. The first-order valence-electron chi connectivity index (χ1n) is 8.02. The van der Waals surface area contributed by atoms with Crippen molar-refractivity contribution in [1.82, 2.24) is 15.2 Å². The number of hydrogen-bond acceptors (Lipinski definition) is 4. The molecule has 1 aliphatic rings. The summed E-state index contributed by atoms with van der Waals surface area (Å²) < 4.78 is 6.64. The molecular weight excluding hydrogens is 441 g/mol. The zero-order valence-electron chi connectivity index (χ0n) is 14.4. The minimum atomic E-state index is 0. The lowest BCUT2D eigenvalue weighted by atomic mass is 10.0. The third-order valence-electron chi connectivity index (χ3n) is 4.19. The first kappa shape index (κ1) is 22.7. The number of amides is 1. The van der Waals surface area contributed by atoms with Crippen LogP contribution in [-0.2, 0) is 0 Å². The van der Waals surface area contributed by atoms with E-state index >= 15 is 0 Å². The number of benzene rings is 1. The van der Waals surface area contributed by atoms with Crippen molar-refractivity contribution in [3.63, 3.8) is 0 Å². The van der Waals surface area contributed by atoms with Gasteiger partial charge in [0.2, 0.25) is 5.88 Å². The van der Waals surface area contributed by atoms with Gasteiger partial charge in [-0.1, -0.05) is 22.0 Å². The lowest BCUT2D eigenvalue weighted by Gasteiger charge is -2.31. The Kier molecular flexibility index (Phi) is 9.36. The topological polar surface area (TPSA) is 54.5 Å². The second-order valence-electron chi connectivity index (χ2n) is 5.80. The highest BCUT2D eigenvalue weighted by Gasteiger charge is 2.22. The maximum Gasteiger partial charge on any atom is 0.255 e. The molecule has 0 saturated carbocycles. The summed E-state index contributed by atoms with van der Waals surface area (Å²) in [6.07, 6.45) is 3.55. The molecule has 0 radical (unpaired) electrons. The Balaban J connectivity index is 0.00000169. The van der Waals surface area contributed by atoms with Crippen molar-refractivity contribution in [2.45, 2.75) is 18.9 Å². The Labute approximate surface area is 174 Å². The minimum Gasteiger partial charge on any atom is -0.439 e. The molecule has 1 saturated heterocycles. The maximum atomic E-state index is 12.5. The van der Waals surface area contributed by atoms with Gasteiger partial charge < -0.3 is 15.0 Å². The number of pyridine rings is 1. The van der Waals surface area contributed by atoms with Gasteiger partial charge in [0, 0.05) is 35.9 Å². The second-order valence-corrected chi connectivity index (χ2v) is 6.72. The van der Waals surface area contributed by atoms with Crippen LogP contribution in [0.1, 0.15) is 23.2 Å². The molecule has 26 heavy (non-hydrogen) atoms. The number of ether oxygens (including phenoxy) is 1. The number of rotatable bonds is 4. The number of carbonyl (C=O) groups is 1. The van der Waals surface area contributed by atoms with E-state index in [1.807, 2.05) is 36.2 Å². The third-order valence-corrected chi connectivity index (χ3v) is 4.69. The van der Waals surface area contributed by atoms with E-state index in [9.17, 15) is 4.79 Å². The van der Waals surface area contributed by atoms with Gasteiger partial charge in [0.05, 0.1) is 5.56 Å². The Morgan fingerprint density at radius 1 is 1.23 bits per heavy atom. The summed E-state index contributed by atoms with van der Waals surface area (Å²) in [5.41, 5.74) is 0.597. The maximum absolute atomic E-state index is 12.5. The smallest absolute Gasteiger partial charge is 0.255 e. The van der Waals surface area contributed by atoms with Gasteiger partial charge in [0.15, 0.2) is 0 Å². The number of piperidine rings is 1. The minimum absolute atomic E-state index is 0. The Morgan fingerprint density at radius 3 is 2.54 bits per heavy atom. The third kappa shape index (κ3) is 5.84. The van der Waals surface area contributed by atoms with Gasteiger partial charge in [-0.05, 0) is 44.2 Å². The van der Waals surface area contributed by atoms with Crippen molar-refractivity contribution in [2.24, 2.45) is 0 Å². The van der Waals surface area contributed by atoms with E-state index < -0.39 is 0 Å². The van der Waals surface area contributed by atoms with Gasteiger partial charge >= 0.3 is 0 Å². The molecule has 142 valence electrons. The quantitative estimate of drug-likeness (QED) is 0.735. The summed E-state index contributed by atoms with van der Waals surface area (Å²) in [5, 5.41) is 3.27. The molecule has 0 unspecified atom stereocenters. The molecule has 0 atom stereocenters. The zero-order valence-corrected chi connectivity index (χ0v) is 17.6. The van der Waals surface area contributed by atoms with Gasteiger partial charge in [-0.15, -0.1) is 24.8 Å². The molecule has 1 aromatic carbocycles. The van der Waals surface area contributed by atoms with E-state index in [-0.39, 0.29) is 30.7 Å². The van der Waals surface area contributed by atoms with Crippen molar-refractivity contribution in [3.8, 4) is 11.6 Å². The highest BCUT2D eigenvalue weighted by atomic mass is 79.9. The van der Waals surface area contributed by atoms with Crippen molar-refractivity contribution < 1.29 is 9.53 Å². The van der Waals surface area contributed by atoms with Crippen LogP contribution in [0, 0.1) is 0 Å². The summed E-state index contributed by atoms with van der Waals surface area (Å²) >= 11 is 3.40. The van der Waals surface area contributed by atoms with Crippen LogP contribution >= 0.6 is 40.7 Å². The molecule has 1 N–H and O–H groups in total. The molecule has 0 aliphatic carbocycles. The van der Waals surface area contributed by atoms with Gasteiger partial charge in [0.25, 0.3) is 5.91 Å². The van der Waals surface area contributed by atoms with E-state index in [1.54, 1.807) is 18.3 Å². The van der Waals surface area contributed by atoms with Crippen molar-refractivity contribution in [2.75, 3.05) is 20.1 Å². The predicted molar refractivity (Wildman–Crippen MR) is 111 cm³/mol. The Morgan fingerprint density at radius 2 is 1.96 bits per heavy atom. The van der Waals surface area contributed by atoms with E-state index in [4.69, 9.17) is 4.74 Å². The highest BCUT2D eigenvalue weighted by Crippen LogP contribution is 2.23. The van der Waals surface area contributed by atoms with Crippen LogP contribution < -0.4 is 10.1 Å². The second kappa shape index (κ2) is 10.7. The fourth-order valence-electron chi connectivity index (χ4n) is 2.77. The first-order valence-corrected chi connectivity index (χ1v) is 8.81. The molecule has 8 heteroatoms. The normalized spacial score (nSPS) is 14.2. The van der Waals surface area contributed by atoms with Crippen LogP contribution in [0.4, 0.5) is 0 Å². The van der Waals surface area contributed by atoms with Crippen LogP contribution in [0.15, 0.2) is 47.1 Å². The van der Waals surface area contributed by atoms with Crippen LogP contribution in [0.25, 0.3) is 0 Å². The van der Waals surface area contributed by atoms with Crippen molar-refractivity contribution >= 4 is 46.7 Å². The average molecular weight is 463 g/mol. The molecule has 5 nitrogen and oxygen atoms in total. The molecule has 1 amide bonds. The number of halogens is 3. The zero-order chi connectivity index (χ0) is 16.9. The van der Waals surface area contributed by atoms with Crippen LogP contribution in [-0.4, -0.2) is 42.0 Å². The van der Waals surface area contributed by atoms with E-state index in [0.717, 1.165) is 30.4 Å². The summed E-state index contributed by atoms with van der Waals surface area (Å²) in [4.78, 5) is 18.7. The largest absolute Gasteiger partial charge is 0.439 e. The number of nitrogens with zero attached hydrogens (tertiary/aromatic N) is 2. The lowest BCUT2D eigenvalue weighted by molar-refractivity contribution is 0.0707. The van der Waals surface area contributed by atoms with Crippen LogP contribution in [0.3, 0.4) is 0 Å². The van der Waals surface area contributed by atoms with E-state index in [0.29, 0.717) is 23.2 Å². The number of nitrogens with one attached hydrogen (secondary N) is 1. The first-order chi connectivity index (χ1) is 11.7. The number of likely N-dealkylation sites (tertiary alicyclic amines) is 1. The molecule has 2 heterocycles. The monoisotopic (exact) mass is 461 g/mol.